The summed E-state index contributed by atoms with van der Waals surface area (Å²) in [5, 5.41) is 43.9. The molecule has 0 aliphatic heterocycles. The number of allylic oxidation sites excluding steroid dienone is 2. The van der Waals surface area contributed by atoms with Gasteiger partial charge in [-0.3, -0.25) is 4.79 Å². The SMILES string of the molecule is CCCCCCCCCCCCCC/C=C/CCCC(O)C(O)C(CO)NC(=O)C(O)CCCCCCCCCCCCCCCCCCCCCCCCCCCCCCC. The Kier molecular flexibility index (Phi) is 50.3. The van der Waals surface area contributed by atoms with Gasteiger partial charge in [0.2, 0.25) is 5.91 Å². The lowest BCUT2D eigenvalue weighted by Crippen LogP contribution is -2.53. The van der Waals surface area contributed by atoms with Gasteiger partial charge < -0.3 is 25.7 Å². The number of rotatable bonds is 52. The summed E-state index contributed by atoms with van der Waals surface area (Å²) in [5.74, 6) is -0.587. The second kappa shape index (κ2) is 51.0. The highest BCUT2D eigenvalue weighted by molar-refractivity contribution is 5.80. The molecule has 0 aromatic carbocycles. The summed E-state index contributed by atoms with van der Waals surface area (Å²) in [6, 6.07) is -0.998. The van der Waals surface area contributed by atoms with Crippen molar-refractivity contribution < 1.29 is 25.2 Å². The Morgan fingerprint density at radius 2 is 0.661 bits per heavy atom. The minimum atomic E-state index is -1.28. The number of amides is 1. The molecule has 0 fully saturated rings. The molecule has 4 atom stereocenters. The molecular weight excluding hydrogens is 767 g/mol. The zero-order chi connectivity index (χ0) is 45.2. The van der Waals surface area contributed by atoms with E-state index in [1.54, 1.807) is 0 Å². The van der Waals surface area contributed by atoms with Gasteiger partial charge in [-0.25, -0.2) is 0 Å². The Balaban J connectivity index is 3.58. The van der Waals surface area contributed by atoms with E-state index in [1.165, 1.54) is 244 Å². The number of unbranched alkanes of at least 4 members (excludes halogenated alkanes) is 41. The van der Waals surface area contributed by atoms with Crippen LogP contribution in [-0.4, -0.2) is 57.3 Å². The molecule has 1 amide bonds. The van der Waals surface area contributed by atoms with E-state index in [9.17, 15) is 25.2 Å². The first-order chi connectivity index (χ1) is 30.5. The fourth-order valence-electron chi connectivity index (χ4n) is 9.06. The summed E-state index contributed by atoms with van der Waals surface area (Å²) >= 11 is 0. The molecule has 0 aliphatic carbocycles. The third kappa shape index (κ3) is 44.3. The first-order valence-corrected chi connectivity index (χ1v) is 28.1. The maximum absolute atomic E-state index is 12.6. The number of aliphatic hydroxyl groups excluding tert-OH is 4. The fourth-order valence-corrected chi connectivity index (χ4v) is 9.06. The first-order valence-electron chi connectivity index (χ1n) is 28.1. The van der Waals surface area contributed by atoms with Crippen molar-refractivity contribution in [1.82, 2.24) is 5.32 Å². The quantitative estimate of drug-likeness (QED) is 0.0309. The van der Waals surface area contributed by atoms with Crippen molar-refractivity contribution in [2.45, 2.75) is 334 Å². The summed E-state index contributed by atoms with van der Waals surface area (Å²) in [6.07, 6.45) is 60.0. The summed E-state index contributed by atoms with van der Waals surface area (Å²) in [7, 11) is 0. The van der Waals surface area contributed by atoms with E-state index in [1.807, 2.05) is 0 Å². The van der Waals surface area contributed by atoms with Crippen LogP contribution in [0.25, 0.3) is 0 Å². The summed E-state index contributed by atoms with van der Waals surface area (Å²) in [5.41, 5.74) is 0. The monoisotopic (exact) mass is 878 g/mol. The molecule has 0 radical (unpaired) electrons. The molecule has 0 saturated carbocycles. The largest absolute Gasteiger partial charge is 0.394 e. The van der Waals surface area contributed by atoms with E-state index < -0.39 is 36.9 Å². The Morgan fingerprint density at radius 3 is 0.968 bits per heavy atom. The summed E-state index contributed by atoms with van der Waals surface area (Å²) < 4.78 is 0. The maximum Gasteiger partial charge on any atom is 0.249 e. The first kappa shape index (κ1) is 61.0. The Morgan fingerprint density at radius 1 is 0.387 bits per heavy atom. The van der Waals surface area contributed by atoms with Gasteiger partial charge in [0.1, 0.15) is 12.2 Å². The molecule has 0 aromatic heterocycles. The van der Waals surface area contributed by atoms with Gasteiger partial charge in [0.25, 0.3) is 0 Å². The van der Waals surface area contributed by atoms with Crippen LogP contribution in [-0.2, 0) is 4.79 Å². The topological polar surface area (TPSA) is 110 Å². The van der Waals surface area contributed by atoms with Crippen LogP contribution in [0.1, 0.15) is 309 Å². The van der Waals surface area contributed by atoms with Gasteiger partial charge in [-0.2, -0.15) is 0 Å². The number of carbonyl (C=O) groups is 1. The average molecular weight is 879 g/mol. The van der Waals surface area contributed by atoms with E-state index >= 15 is 0 Å². The van der Waals surface area contributed by atoms with E-state index in [-0.39, 0.29) is 0 Å². The van der Waals surface area contributed by atoms with Crippen LogP contribution in [0, 0.1) is 0 Å². The Hall–Kier alpha value is -0.950. The maximum atomic E-state index is 12.6. The van der Waals surface area contributed by atoms with Gasteiger partial charge in [0.05, 0.1) is 18.8 Å². The number of aliphatic hydroxyl groups is 4. The summed E-state index contributed by atoms with van der Waals surface area (Å²) in [4.78, 5) is 12.6. The highest BCUT2D eigenvalue weighted by Crippen LogP contribution is 2.18. The van der Waals surface area contributed by atoms with Crippen LogP contribution >= 0.6 is 0 Å². The molecular formula is C56H111NO5. The minimum Gasteiger partial charge on any atom is -0.394 e. The van der Waals surface area contributed by atoms with Crippen molar-refractivity contribution in [3.8, 4) is 0 Å². The van der Waals surface area contributed by atoms with Crippen molar-refractivity contribution >= 4 is 5.91 Å². The molecule has 0 spiro atoms. The van der Waals surface area contributed by atoms with Crippen LogP contribution < -0.4 is 5.32 Å². The standard InChI is InChI=1S/C56H111NO5/c1-3-5-7-9-11-13-15-17-19-21-22-23-24-25-26-27-28-29-30-31-32-34-36-38-40-42-44-46-48-50-54(60)56(62)57-52(51-58)55(61)53(59)49-47-45-43-41-39-37-35-33-20-18-16-14-12-10-8-6-4-2/h41,43,52-55,58-61H,3-40,42,44-51H2,1-2H3,(H,57,62)/b43-41+. The van der Waals surface area contributed by atoms with Crippen molar-refractivity contribution in [3.63, 3.8) is 0 Å². The second-order valence-corrected chi connectivity index (χ2v) is 19.6. The summed E-state index contributed by atoms with van der Waals surface area (Å²) in [6.45, 7) is 4.08. The van der Waals surface area contributed by atoms with Crippen molar-refractivity contribution in [2.75, 3.05) is 6.61 Å². The van der Waals surface area contributed by atoms with Gasteiger partial charge >= 0.3 is 0 Å². The van der Waals surface area contributed by atoms with E-state index in [2.05, 4.69) is 31.3 Å². The second-order valence-electron chi connectivity index (χ2n) is 19.6. The van der Waals surface area contributed by atoms with E-state index in [4.69, 9.17) is 0 Å². The molecule has 62 heavy (non-hydrogen) atoms. The molecule has 5 N–H and O–H groups in total. The van der Waals surface area contributed by atoms with Crippen LogP contribution in [0.4, 0.5) is 0 Å². The number of hydrogen-bond donors (Lipinski definition) is 5. The molecule has 370 valence electrons. The van der Waals surface area contributed by atoms with Crippen LogP contribution in [0.15, 0.2) is 12.2 Å². The van der Waals surface area contributed by atoms with E-state index in [0.717, 1.165) is 38.5 Å². The van der Waals surface area contributed by atoms with Crippen LogP contribution in [0.5, 0.6) is 0 Å². The molecule has 0 saturated heterocycles. The number of nitrogens with one attached hydrogen (secondary N) is 1. The molecule has 6 heteroatoms. The lowest BCUT2D eigenvalue weighted by molar-refractivity contribution is -0.132. The van der Waals surface area contributed by atoms with Gasteiger partial charge in [-0.15, -0.1) is 0 Å². The molecule has 0 aliphatic rings. The zero-order valence-electron chi connectivity index (χ0n) is 41.9. The molecule has 6 nitrogen and oxygen atoms in total. The Labute approximate surface area is 387 Å². The van der Waals surface area contributed by atoms with Gasteiger partial charge in [0, 0.05) is 0 Å². The lowest BCUT2D eigenvalue weighted by atomic mass is 10.00. The fraction of sp³-hybridized carbons (Fsp3) is 0.946. The normalized spacial score (nSPS) is 13.8. The molecule has 0 heterocycles. The highest BCUT2D eigenvalue weighted by atomic mass is 16.3. The molecule has 0 bridgehead atoms. The third-order valence-corrected chi connectivity index (χ3v) is 13.5. The third-order valence-electron chi connectivity index (χ3n) is 13.5. The van der Waals surface area contributed by atoms with Crippen LogP contribution in [0.2, 0.25) is 0 Å². The average Bonchev–Trinajstić information content (AvgIpc) is 3.28. The van der Waals surface area contributed by atoms with Crippen molar-refractivity contribution in [3.05, 3.63) is 12.2 Å². The smallest absolute Gasteiger partial charge is 0.249 e. The van der Waals surface area contributed by atoms with Gasteiger partial charge in [-0.05, 0) is 38.5 Å². The van der Waals surface area contributed by atoms with Crippen LogP contribution in [0.3, 0.4) is 0 Å². The number of hydrogen-bond acceptors (Lipinski definition) is 5. The highest BCUT2D eigenvalue weighted by Gasteiger charge is 2.28. The molecule has 4 unspecified atom stereocenters. The Bertz CT molecular complexity index is 898. The van der Waals surface area contributed by atoms with Gasteiger partial charge in [0.15, 0.2) is 0 Å². The predicted molar refractivity (Wildman–Crippen MR) is 270 cm³/mol. The zero-order valence-corrected chi connectivity index (χ0v) is 41.9. The molecule has 0 rings (SSSR count). The van der Waals surface area contributed by atoms with E-state index in [0.29, 0.717) is 12.8 Å². The minimum absolute atomic E-state index is 0.369. The predicted octanol–water partition coefficient (Wildman–Crippen LogP) is 16.1. The number of carbonyl (C=O) groups excluding carboxylic acids is 1. The van der Waals surface area contributed by atoms with Crippen molar-refractivity contribution in [1.29, 1.82) is 0 Å². The van der Waals surface area contributed by atoms with Crippen molar-refractivity contribution in [2.24, 2.45) is 0 Å². The van der Waals surface area contributed by atoms with Gasteiger partial charge in [-0.1, -0.05) is 283 Å². The lowest BCUT2D eigenvalue weighted by Gasteiger charge is -2.27. The molecule has 0 aromatic rings.